The van der Waals surface area contributed by atoms with Gasteiger partial charge in [-0.25, -0.2) is 0 Å². The van der Waals surface area contributed by atoms with Crippen LogP contribution in [0.3, 0.4) is 0 Å². The molecule has 114 valence electrons. The van der Waals surface area contributed by atoms with Gasteiger partial charge in [0.05, 0.1) is 5.69 Å². The lowest BCUT2D eigenvalue weighted by Crippen LogP contribution is -2.46. The van der Waals surface area contributed by atoms with E-state index in [9.17, 15) is 9.90 Å². The molecule has 0 saturated carbocycles. The number of hydrogen-bond acceptors (Lipinski definition) is 5. The summed E-state index contributed by atoms with van der Waals surface area (Å²) in [5.41, 5.74) is 7.35. The van der Waals surface area contributed by atoms with Crippen molar-refractivity contribution in [2.45, 2.75) is 0 Å². The van der Waals surface area contributed by atoms with Crippen molar-refractivity contribution < 1.29 is 9.90 Å². The zero-order chi connectivity index (χ0) is 15.5. The molecule has 0 radical (unpaired) electrons. The minimum absolute atomic E-state index is 0.278. The van der Waals surface area contributed by atoms with Crippen LogP contribution in [0, 0.1) is 0 Å². The molecule has 1 amide bonds. The third kappa shape index (κ3) is 2.81. The van der Waals surface area contributed by atoms with Gasteiger partial charge in [-0.05, 0) is 24.3 Å². The Hall–Kier alpha value is -2.76. The van der Waals surface area contributed by atoms with Crippen LogP contribution in [0.4, 0.5) is 11.4 Å². The number of carbonyl (C=O) groups excluding carboxylic acids is 1. The number of phenols is 1. The first-order valence-corrected chi connectivity index (χ1v) is 7.19. The Balaban J connectivity index is 1.71. The lowest BCUT2D eigenvalue weighted by molar-refractivity contribution is 0.0995. The number of aromatic nitrogens is 1. The molecule has 1 aromatic carbocycles. The monoisotopic (exact) mass is 298 g/mol. The molecular weight excluding hydrogens is 280 g/mol. The van der Waals surface area contributed by atoms with Crippen molar-refractivity contribution in [2.75, 3.05) is 36.0 Å². The average Bonchev–Trinajstić information content (AvgIpc) is 2.56. The van der Waals surface area contributed by atoms with Gasteiger partial charge in [-0.15, -0.1) is 0 Å². The number of primary amides is 1. The summed E-state index contributed by atoms with van der Waals surface area (Å²) in [6, 6.07) is 11.0. The largest absolute Gasteiger partial charge is 0.506 e. The highest BCUT2D eigenvalue weighted by Crippen LogP contribution is 2.28. The fourth-order valence-electron chi connectivity index (χ4n) is 2.69. The third-order valence-corrected chi connectivity index (χ3v) is 3.86. The number of para-hydroxylation sites is 2. The van der Waals surface area contributed by atoms with Gasteiger partial charge in [-0.2, -0.15) is 0 Å². The number of hydrogen-bond donors (Lipinski definition) is 2. The Kier molecular flexibility index (Phi) is 3.82. The summed E-state index contributed by atoms with van der Waals surface area (Å²) in [5.74, 6) is -0.217. The molecule has 0 spiro atoms. The van der Waals surface area contributed by atoms with Crippen molar-refractivity contribution in [1.29, 1.82) is 0 Å². The lowest BCUT2D eigenvalue weighted by atomic mass is 10.2. The van der Waals surface area contributed by atoms with E-state index < -0.39 is 5.91 Å². The van der Waals surface area contributed by atoms with Crippen molar-refractivity contribution in [3.8, 4) is 5.75 Å². The van der Waals surface area contributed by atoms with Crippen LogP contribution in [0.2, 0.25) is 0 Å². The minimum Gasteiger partial charge on any atom is -0.506 e. The van der Waals surface area contributed by atoms with Gasteiger partial charge in [0.2, 0.25) is 0 Å². The molecule has 6 heteroatoms. The van der Waals surface area contributed by atoms with Crippen molar-refractivity contribution in [1.82, 2.24) is 4.98 Å². The highest BCUT2D eigenvalue weighted by atomic mass is 16.3. The van der Waals surface area contributed by atoms with Crippen molar-refractivity contribution in [2.24, 2.45) is 5.73 Å². The van der Waals surface area contributed by atoms with Crippen molar-refractivity contribution in [3.63, 3.8) is 0 Å². The van der Waals surface area contributed by atoms with Crippen LogP contribution >= 0.6 is 0 Å². The summed E-state index contributed by atoms with van der Waals surface area (Å²) in [4.78, 5) is 19.5. The standard InChI is InChI=1S/C16H18N4O2/c17-16(22)13-11-12(5-6-18-13)19-7-9-20(10-8-19)14-3-1-2-4-15(14)21/h1-6,11,21H,7-10H2,(H2,17,22). The minimum atomic E-state index is -0.519. The lowest BCUT2D eigenvalue weighted by Gasteiger charge is -2.37. The van der Waals surface area contributed by atoms with E-state index in [1.807, 2.05) is 24.3 Å². The summed E-state index contributed by atoms with van der Waals surface area (Å²) in [6.07, 6.45) is 1.60. The second kappa shape index (κ2) is 5.93. The first-order valence-electron chi connectivity index (χ1n) is 7.19. The summed E-state index contributed by atoms with van der Waals surface area (Å²) in [6.45, 7) is 3.20. The molecule has 22 heavy (non-hydrogen) atoms. The fraction of sp³-hybridized carbons (Fsp3) is 0.250. The number of aromatic hydroxyl groups is 1. The zero-order valence-corrected chi connectivity index (χ0v) is 12.1. The molecule has 0 atom stereocenters. The number of carbonyl (C=O) groups is 1. The van der Waals surface area contributed by atoms with E-state index in [2.05, 4.69) is 14.8 Å². The quantitative estimate of drug-likeness (QED) is 0.890. The zero-order valence-electron chi connectivity index (χ0n) is 12.1. The molecule has 2 heterocycles. The van der Waals surface area contributed by atoms with Crippen LogP contribution < -0.4 is 15.5 Å². The Bertz CT molecular complexity index is 681. The summed E-state index contributed by atoms with van der Waals surface area (Å²) in [5, 5.41) is 9.93. The molecule has 1 aliphatic heterocycles. The number of nitrogens with two attached hydrogens (primary N) is 1. The van der Waals surface area contributed by atoms with Gasteiger partial charge in [0, 0.05) is 38.1 Å². The van der Waals surface area contributed by atoms with Gasteiger partial charge in [0.25, 0.3) is 5.91 Å². The van der Waals surface area contributed by atoms with Crippen molar-refractivity contribution >= 4 is 17.3 Å². The molecule has 1 aromatic heterocycles. The van der Waals surface area contributed by atoms with E-state index in [1.165, 1.54) is 0 Å². The Morgan fingerprint density at radius 2 is 1.77 bits per heavy atom. The maximum atomic E-state index is 11.2. The smallest absolute Gasteiger partial charge is 0.267 e. The van der Waals surface area contributed by atoms with E-state index in [4.69, 9.17) is 5.73 Å². The van der Waals surface area contributed by atoms with Crippen LogP contribution in [0.15, 0.2) is 42.6 Å². The topological polar surface area (TPSA) is 82.7 Å². The number of phenolic OH excluding ortho intramolecular Hbond substituents is 1. The summed E-state index contributed by atoms with van der Waals surface area (Å²) < 4.78 is 0. The number of amides is 1. The third-order valence-electron chi connectivity index (χ3n) is 3.86. The van der Waals surface area contributed by atoms with E-state index in [-0.39, 0.29) is 5.69 Å². The molecule has 0 unspecified atom stereocenters. The van der Waals surface area contributed by atoms with Gasteiger partial charge in [-0.1, -0.05) is 12.1 Å². The molecule has 6 nitrogen and oxygen atoms in total. The maximum absolute atomic E-state index is 11.2. The highest BCUT2D eigenvalue weighted by molar-refractivity contribution is 5.91. The SMILES string of the molecule is NC(=O)c1cc(N2CCN(c3ccccc3O)CC2)ccn1. The molecule has 0 aliphatic carbocycles. The van der Waals surface area contributed by atoms with Crippen LogP contribution in [-0.4, -0.2) is 42.2 Å². The number of piperazine rings is 1. The van der Waals surface area contributed by atoms with Crippen LogP contribution in [0.1, 0.15) is 10.5 Å². The molecule has 1 aliphatic rings. The first-order chi connectivity index (χ1) is 10.6. The molecule has 3 rings (SSSR count). The first kappa shape index (κ1) is 14.2. The Morgan fingerprint density at radius 3 is 2.45 bits per heavy atom. The second-order valence-electron chi connectivity index (χ2n) is 5.23. The number of anilines is 2. The predicted molar refractivity (Wildman–Crippen MR) is 85.3 cm³/mol. The summed E-state index contributed by atoms with van der Waals surface area (Å²) in [7, 11) is 0. The molecule has 3 N–H and O–H groups in total. The van der Waals surface area contributed by atoms with Crippen LogP contribution in [-0.2, 0) is 0 Å². The molecule has 1 fully saturated rings. The number of pyridine rings is 1. The second-order valence-corrected chi connectivity index (χ2v) is 5.23. The fourth-order valence-corrected chi connectivity index (χ4v) is 2.69. The van der Waals surface area contributed by atoms with E-state index in [0.717, 1.165) is 37.6 Å². The van der Waals surface area contributed by atoms with Gasteiger partial charge >= 0.3 is 0 Å². The normalized spacial score (nSPS) is 14.9. The summed E-state index contributed by atoms with van der Waals surface area (Å²) >= 11 is 0. The average molecular weight is 298 g/mol. The van der Waals surface area contributed by atoms with Gasteiger partial charge in [-0.3, -0.25) is 9.78 Å². The molecule has 0 bridgehead atoms. The van der Waals surface area contributed by atoms with E-state index >= 15 is 0 Å². The molecule has 2 aromatic rings. The van der Waals surface area contributed by atoms with Crippen molar-refractivity contribution in [3.05, 3.63) is 48.3 Å². The number of benzene rings is 1. The molecule has 1 saturated heterocycles. The van der Waals surface area contributed by atoms with E-state index in [0.29, 0.717) is 5.75 Å². The number of nitrogens with zero attached hydrogens (tertiary/aromatic N) is 3. The van der Waals surface area contributed by atoms with E-state index in [1.54, 1.807) is 18.3 Å². The number of rotatable bonds is 3. The molecular formula is C16H18N4O2. The predicted octanol–water partition coefficient (Wildman–Crippen LogP) is 1.21. The van der Waals surface area contributed by atoms with Gasteiger partial charge in [0.15, 0.2) is 0 Å². The Labute approximate surface area is 128 Å². The highest BCUT2D eigenvalue weighted by Gasteiger charge is 2.19. The van der Waals surface area contributed by atoms with Crippen LogP contribution in [0.25, 0.3) is 0 Å². The maximum Gasteiger partial charge on any atom is 0.267 e. The Morgan fingerprint density at radius 1 is 1.09 bits per heavy atom. The van der Waals surface area contributed by atoms with Gasteiger partial charge in [0.1, 0.15) is 11.4 Å². The van der Waals surface area contributed by atoms with Crippen LogP contribution in [0.5, 0.6) is 5.75 Å². The van der Waals surface area contributed by atoms with Gasteiger partial charge < -0.3 is 20.6 Å².